The van der Waals surface area contributed by atoms with Crippen LogP contribution in [-0.2, 0) is 13.0 Å². The molecule has 2 rings (SSSR count). The second-order valence-electron chi connectivity index (χ2n) is 4.61. The number of benzene rings is 1. The second kappa shape index (κ2) is 7.15. The van der Waals surface area contributed by atoms with Crippen LogP contribution in [0, 0.1) is 0 Å². The predicted octanol–water partition coefficient (Wildman–Crippen LogP) is 3.92. The number of halogens is 3. The first-order chi connectivity index (χ1) is 10.5. The van der Waals surface area contributed by atoms with E-state index < -0.39 is 6.36 Å². The van der Waals surface area contributed by atoms with Gasteiger partial charge in [0.25, 0.3) is 0 Å². The molecule has 2 aromatic rings. The molecule has 5 nitrogen and oxygen atoms in total. The number of hydrogen-bond donors (Lipinski definition) is 1. The molecule has 8 heteroatoms. The van der Waals surface area contributed by atoms with Crippen LogP contribution < -0.4 is 10.1 Å². The van der Waals surface area contributed by atoms with Gasteiger partial charge < -0.3 is 14.6 Å². The van der Waals surface area contributed by atoms with Crippen molar-refractivity contribution in [3.8, 4) is 5.75 Å². The third-order valence-corrected chi connectivity index (χ3v) is 2.81. The van der Waals surface area contributed by atoms with Crippen molar-refractivity contribution in [1.29, 1.82) is 0 Å². The highest BCUT2D eigenvalue weighted by Crippen LogP contribution is 2.30. The van der Waals surface area contributed by atoms with E-state index >= 15 is 0 Å². The summed E-state index contributed by atoms with van der Waals surface area (Å²) in [6.45, 7) is 2.18. The molecule has 1 heterocycles. The van der Waals surface area contributed by atoms with Gasteiger partial charge >= 0.3 is 6.36 Å². The number of para-hydroxylation sites is 2. The molecule has 0 radical (unpaired) electrons. The first-order valence-corrected chi connectivity index (χ1v) is 6.88. The lowest BCUT2D eigenvalue weighted by Gasteiger charge is -2.13. The number of rotatable bonds is 7. The zero-order valence-electron chi connectivity index (χ0n) is 12.0. The normalized spacial score (nSPS) is 11.5. The van der Waals surface area contributed by atoms with Crippen molar-refractivity contribution < 1.29 is 22.4 Å². The first kappa shape index (κ1) is 16.1. The minimum atomic E-state index is -4.74. The van der Waals surface area contributed by atoms with Crippen molar-refractivity contribution in [1.82, 2.24) is 10.1 Å². The molecule has 0 aliphatic heterocycles. The summed E-state index contributed by atoms with van der Waals surface area (Å²) in [5, 5.41) is 6.61. The summed E-state index contributed by atoms with van der Waals surface area (Å²) in [5.74, 6) is 0.604. The maximum atomic E-state index is 12.3. The van der Waals surface area contributed by atoms with Gasteiger partial charge in [0.1, 0.15) is 0 Å². The fraction of sp³-hybridized carbons (Fsp3) is 0.429. The molecule has 0 saturated carbocycles. The van der Waals surface area contributed by atoms with E-state index in [1.165, 1.54) is 18.2 Å². The van der Waals surface area contributed by atoms with Crippen molar-refractivity contribution in [3.05, 3.63) is 36.0 Å². The number of anilines is 1. The van der Waals surface area contributed by atoms with Gasteiger partial charge in [-0.15, -0.1) is 13.2 Å². The summed E-state index contributed by atoms with van der Waals surface area (Å²) in [6, 6.07) is 5.78. The fourth-order valence-corrected chi connectivity index (χ4v) is 1.80. The lowest BCUT2D eigenvalue weighted by Crippen LogP contribution is -2.18. The summed E-state index contributed by atoms with van der Waals surface area (Å²) in [7, 11) is 0. The Kier molecular flexibility index (Phi) is 5.24. The Hall–Kier alpha value is -2.25. The lowest BCUT2D eigenvalue weighted by atomic mass is 10.2. The second-order valence-corrected chi connectivity index (χ2v) is 4.61. The summed E-state index contributed by atoms with van der Waals surface area (Å²) >= 11 is 0. The molecular formula is C14H16F3N3O2. The van der Waals surface area contributed by atoms with Crippen LogP contribution in [0.25, 0.3) is 0 Å². The third-order valence-electron chi connectivity index (χ3n) is 2.81. The van der Waals surface area contributed by atoms with Gasteiger partial charge in [0.2, 0.25) is 5.89 Å². The van der Waals surface area contributed by atoms with Crippen LogP contribution in [0.3, 0.4) is 0 Å². The van der Waals surface area contributed by atoms with E-state index in [0.717, 1.165) is 12.8 Å². The number of ether oxygens (including phenoxy) is 1. The number of unbranched alkanes of at least 4 members (excludes halogenated alkanes) is 1. The van der Waals surface area contributed by atoms with Crippen LogP contribution >= 0.6 is 0 Å². The van der Waals surface area contributed by atoms with E-state index in [4.69, 9.17) is 4.52 Å². The SMILES string of the molecule is CCCCc1noc(CNc2ccccc2OC(F)(F)F)n1. The average molecular weight is 315 g/mol. The molecule has 1 N–H and O–H groups in total. The maximum Gasteiger partial charge on any atom is 0.573 e. The van der Waals surface area contributed by atoms with Crippen molar-refractivity contribution in [2.75, 3.05) is 5.32 Å². The Morgan fingerprint density at radius 2 is 2.05 bits per heavy atom. The molecule has 0 bridgehead atoms. The molecule has 0 atom stereocenters. The average Bonchev–Trinajstić information content (AvgIpc) is 2.90. The number of hydrogen-bond acceptors (Lipinski definition) is 5. The van der Waals surface area contributed by atoms with Crippen LogP contribution in [0.1, 0.15) is 31.5 Å². The Labute approximate surface area is 125 Å². The summed E-state index contributed by atoms with van der Waals surface area (Å²) in [5.41, 5.74) is 0.202. The van der Waals surface area contributed by atoms with Crippen molar-refractivity contribution in [2.45, 2.75) is 39.1 Å². The van der Waals surface area contributed by atoms with Crippen LogP contribution in [0.4, 0.5) is 18.9 Å². The van der Waals surface area contributed by atoms with Gasteiger partial charge in [-0.3, -0.25) is 0 Å². The van der Waals surface area contributed by atoms with Crippen molar-refractivity contribution >= 4 is 5.69 Å². The summed E-state index contributed by atoms with van der Waals surface area (Å²) in [4.78, 5) is 4.16. The van der Waals surface area contributed by atoms with Crippen molar-refractivity contribution in [2.24, 2.45) is 0 Å². The van der Waals surface area contributed by atoms with Gasteiger partial charge in [0.15, 0.2) is 11.6 Å². The minimum Gasteiger partial charge on any atom is -0.404 e. The predicted molar refractivity (Wildman–Crippen MR) is 73.4 cm³/mol. The Balaban J connectivity index is 1.98. The van der Waals surface area contributed by atoms with Gasteiger partial charge in [-0.2, -0.15) is 4.98 Å². The highest BCUT2D eigenvalue weighted by atomic mass is 19.4. The Bertz CT molecular complexity index is 599. The van der Waals surface area contributed by atoms with E-state index in [1.54, 1.807) is 6.07 Å². The van der Waals surface area contributed by atoms with Gasteiger partial charge in [-0.1, -0.05) is 30.6 Å². The van der Waals surface area contributed by atoms with Crippen LogP contribution in [0.15, 0.2) is 28.8 Å². The smallest absolute Gasteiger partial charge is 0.404 e. The number of aromatic nitrogens is 2. The van der Waals surface area contributed by atoms with Gasteiger partial charge in [0.05, 0.1) is 12.2 Å². The molecule has 0 aliphatic carbocycles. The van der Waals surface area contributed by atoms with Crippen LogP contribution in [-0.4, -0.2) is 16.5 Å². The molecule has 120 valence electrons. The molecule has 22 heavy (non-hydrogen) atoms. The van der Waals surface area contributed by atoms with E-state index in [9.17, 15) is 13.2 Å². The molecule has 0 aliphatic rings. The monoisotopic (exact) mass is 315 g/mol. The number of nitrogens with one attached hydrogen (secondary N) is 1. The first-order valence-electron chi connectivity index (χ1n) is 6.88. The molecule has 0 fully saturated rings. The third kappa shape index (κ3) is 4.94. The zero-order valence-corrected chi connectivity index (χ0v) is 12.0. The lowest BCUT2D eigenvalue weighted by molar-refractivity contribution is -0.274. The number of nitrogens with zero attached hydrogens (tertiary/aromatic N) is 2. The number of alkyl halides is 3. The number of aryl methyl sites for hydroxylation is 1. The van der Waals surface area contributed by atoms with Crippen molar-refractivity contribution in [3.63, 3.8) is 0 Å². The van der Waals surface area contributed by atoms with E-state index in [2.05, 4.69) is 27.1 Å². The molecule has 0 unspecified atom stereocenters. The van der Waals surface area contributed by atoms with E-state index in [1.807, 2.05) is 0 Å². The van der Waals surface area contributed by atoms with Crippen LogP contribution in [0.2, 0.25) is 0 Å². The maximum absolute atomic E-state index is 12.3. The quantitative estimate of drug-likeness (QED) is 0.839. The Morgan fingerprint density at radius 1 is 1.27 bits per heavy atom. The Morgan fingerprint density at radius 3 is 2.77 bits per heavy atom. The standard InChI is InChI=1S/C14H16F3N3O2/c1-2-3-8-12-19-13(22-20-12)9-18-10-6-4-5-7-11(10)21-14(15,16)17/h4-7,18H,2-3,8-9H2,1H3. The molecule has 0 amide bonds. The van der Waals surface area contributed by atoms with Gasteiger partial charge in [-0.05, 0) is 18.6 Å². The molecule has 1 aromatic carbocycles. The van der Waals surface area contributed by atoms with E-state index in [0.29, 0.717) is 18.1 Å². The highest BCUT2D eigenvalue weighted by Gasteiger charge is 2.32. The summed E-state index contributed by atoms with van der Waals surface area (Å²) in [6.07, 6.45) is -2.05. The fourth-order valence-electron chi connectivity index (χ4n) is 1.80. The molecular weight excluding hydrogens is 299 g/mol. The minimum absolute atomic E-state index is 0.122. The topological polar surface area (TPSA) is 60.2 Å². The van der Waals surface area contributed by atoms with Crippen LogP contribution in [0.5, 0.6) is 5.75 Å². The molecule has 0 spiro atoms. The molecule has 1 aromatic heterocycles. The highest BCUT2D eigenvalue weighted by molar-refractivity contribution is 5.56. The zero-order chi connectivity index (χ0) is 16.0. The van der Waals surface area contributed by atoms with E-state index in [-0.39, 0.29) is 18.0 Å². The largest absolute Gasteiger partial charge is 0.573 e. The molecule has 0 saturated heterocycles. The van der Waals surface area contributed by atoms with Gasteiger partial charge in [0, 0.05) is 6.42 Å². The van der Waals surface area contributed by atoms with Gasteiger partial charge in [-0.25, -0.2) is 0 Å². The summed E-state index contributed by atoms with van der Waals surface area (Å²) < 4.78 is 45.9.